The topological polar surface area (TPSA) is 85.1 Å². The summed E-state index contributed by atoms with van der Waals surface area (Å²) >= 11 is 0. The molecule has 1 aromatic heterocycles. The third kappa shape index (κ3) is 2.58. The number of hydrogen-bond donors (Lipinski definition) is 3. The Balaban J connectivity index is 2.01. The largest absolute Gasteiger partial charge is 0.376 e. The summed E-state index contributed by atoms with van der Waals surface area (Å²) in [7, 11) is 3.56. The van der Waals surface area contributed by atoms with E-state index in [-0.39, 0.29) is 11.5 Å². The lowest BCUT2D eigenvalue weighted by molar-refractivity contribution is -0.0601. The number of rotatable bonds is 5. The fourth-order valence-corrected chi connectivity index (χ4v) is 1.96. The molecule has 2 rings (SSSR count). The van der Waals surface area contributed by atoms with Gasteiger partial charge in [-0.15, -0.1) is 0 Å². The zero-order valence-corrected chi connectivity index (χ0v) is 10.3. The molecule has 0 atom stereocenters. The number of nitrogen functional groups attached to an aromatic ring is 1. The van der Waals surface area contributed by atoms with Crippen LogP contribution in [0.2, 0.25) is 0 Å². The van der Waals surface area contributed by atoms with Crippen LogP contribution in [0.4, 0.5) is 17.6 Å². The molecule has 1 heterocycles. The molecule has 1 aliphatic carbocycles. The highest BCUT2D eigenvalue weighted by atomic mass is 16.5. The van der Waals surface area contributed by atoms with Crippen LogP contribution < -0.4 is 16.4 Å². The van der Waals surface area contributed by atoms with Gasteiger partial charge < -0.3 is 21.1 Å². The number of nitrogens with two attached hydrogens (primary N) is 1. The van der Waals surface area contributed by atoms with Crippen LogP contribution >= 0.6 is 0 Å². The normalized spacial score (nSPS) is 17.3. The van der Waals surface area contributed by atoms with Gasteiger partial charge in [-0.1, -0.05) is 0 Å². The van der Waals surface area contributed by atoms with E-state index in [0.29, 0.717) is 5.82 Å². The fraction of sp³-hybridized carbons (Fsp3) is 0.636. The summed E-state index contributed by atoms with van der Waals surface area (Å²) in [4.78, 5) is 8.17. The molecule has 1 aliphatic rings. The summed E-state index contributed by atoms with van der Waals surface area (Å²) in [5.41, 5.74) is 5.59. The maximum Gasteiger partial charge on any atom is 0.223 e. The first kappa shape index (κ1) is 11.9. The van der Waals surface area contributed by atoms with E-state index in [2.05, 4.69) is 20.6 Å². The highest BCUT2D eigenvalue weighted by molar-refractivity contribution is 5.50. The molecule has 0 amide bonds. The number of nitrogens with one attached hydrogen (secondary N) is 2. The van der Waals surface area contributed by atoms with Crippen molar-refractivity contribution in [3.63, 3.8) is 0 Å². The standard InChI is InChI=1S/C11H19N5O/c1-13-8-6-9(16-10(12)15-8)14-7-11(17-2)4-3-5-11/h6H,3-5,7H2,1-2H3,(H4,12,13,14,15,16). The van der Waals surface area contributed by atoms with Gasteiger partial charge in [0.05, 0.1) is 5.60 Å². The molecule has 1 aromatic rings. The average Bonchev–Trinajstić information content (AvgIpc) is 2.27. The average molecular weight is 237 g/mol. The number of nitrogens with zero attached hydrogens (tertiary/aromatic N) is 2. The number of anilines is 3. The van der Waals surface area contributed by atoms with Crippen molar-refractivity contribution in [3.8, 4) is 0 Å². The Morgan fingerprint density at radius 1 is 1.41 bits per heavy atom. The predicted octanol–water partition coefficient (Wildman–Crippen LogP) is 1.08. The highest BCUT2D eigenvalue weighted by Crippen LogP contribution is 2.35. The Morgan fingerprint density at radius 3 is 2.65 bits per heavy atom. The zero-order chi connectivity index (χ0) is 12.3. The van der Waals surface area contributed by atoms with Crippen molar-refractivity contribution in [2.75, 3.05) is 37.1 Å². The molecule has 0 aliphatic heterocycles. The van der Waals surface area contributed by atoms with E-state index in [0.717, 1.165) is 25.2 Å². The van der Waals surface area contributed by atoms with Gasteiger partial charge in [-0.2, -0.15) is 9.97 Å². The number of hydrogen-bond acceptors (Lipinski definition) is 6. The first-order chi connectivity index (χ1) is 8.17. The van der Waals surface area contributed by atoms with Gasteiger partial charge in [-0.05, 0) is 19.3 Å². The third-order valence-corrected chi connectivity index (χ3v) is 3.29. The highest BCUT2D eigenvalue weighted by Gasteiger charge is 2.36. The van der Waals surface area contributed by atoms with Gasteiger partial charge in [0.2, 0.25) is 5.95 Å². The lowest BCUT2D eigenvalue weighted by Gasteiger charge is -2.40. The third-order valence-electron chi connectivity index (χ3n) is 3.29. The SMILES string of the molecule is CNc1cc(NCC2(OC)CCC2)nc(N)n1. The van der Waals surface area contributed by atoms with E-state index in [9.17, 15) is 0 Å². The maximum atomic E-state index is 5.62. The molecule has 1 fully saturated rings. The number of aromatic nitrogens is 2. The molecule has 0 aromatic carbocycles. The van der Waals surface area contributed by atoms with Crippen molar-refractivity contribution in [3.05, 3.63) is 6.07 Å². The molecule has 0 unspecified atom stereocenters. The van der Waals surface area contributed by atoms with E-state index in [1.54, 1.807) is 14.2 Å². The van der Waals surface area contributed by atoms with Crippen molar-refractivity contribution < 1.29 is 4.74 Å². The molecular weight excluding hydrogens is 218 g/mol. The molecule has 6 heteroatoms. The van der Waals surface area contributed by atoms with Gasteiger partial charge in [-0.3, -0.25) is 0 Å². The smallest absolute Gasteiger partial charge is 0.223 e. The number of ether oxygens (including phenoxy) is 1. The first-order valence-corrected chi connectivity index (χ1v) is 5.79. The summed E-state index contributed by atoms with van der Waals surface area (Å²) in [6.07, 6.45) is 3.41. The van der Waals surface area contributed by atoms with Crippen LogP contribution in [0.5, 0.6) is 0 Å². The van der Waals surface area contributed by atoms with Crippen LogP contribution in [0.25, 0.3) is 0 Å². The molecule has 0 spiro atoms. The Kier molecular flexibility index (Phi) is 3.33. The lowest BCUT2D eigenvalue weighted by atomic mass is 9.80. The summed E-state index contributed by atoms with van der Waals surface area (Å²) in [5, 5.41) is 6.20. The van der Waals surface area contributed by atoms with Crippen LogP contribution in [0, 0.1) is 0 Å². The minimum atomic E-state index is -0.0283. The Morgan fingerprint density at radius 2 is 2.12 bits per heavy atom. The Hall–Kier alpha value is -1.56. The molecule has 0 bridgehead atoms. The van der Waals surface area contributed by atoms with Gasteiger partial charge >= 0.3 is 0 Å². The molecular formula is C11H19N5O. The molecule has 0 radical (unpaired) electrons. The van der Waals surface area contributed by atoms with Crippen molar-refractivity contribution in [1.82, 2.24) is 9.97 Å². The summed E-state index contributed by atoms with van der Waals surface area (Å²) in [5.74, 6) is 1.70. The van der Waals surface area contributed by atoms with E-state index in [4.69, 9.17) is 10.5 Å². The van der Waals surface area contributed by atoms with Gasteiger partial charge in [0.1, 0.15) is 11.6 Å². The van der Waals surface area contributed by atoms with Crippen LogP contribution in [-0.2, 0) is 4.74 Å². The van der Waals surface area contributed by atoms with E-state index >= 15 is 0 Å². The van der Waals surface area contributed by atoms with Gasteiger partial charge in [0.15, 0.2) is 0 Å². The fourth-order valence-electron chi connectivity index (χ4n) is 1.96. The Labute approximate surface area is 101 Å². The monoisotopic (exact) mass is 237 g/mol. The molecule has 1 saturated carbocycles. The second kappa shape index (κ2) is 4.75. The van der Waals surface area contributed by atoms with Crippen molar-refractivity contribution >= 4 is 17.6 Å². The van der Waals surface area contributed by atoms with E-state index in [1.807, 2.05) is 6.07 Å². The van der Waals surface area contributed by atoms with Crippen LogP contribution in [0.1, 0.15) is 19.3 Å². The first-order valence-electron chi connectivity index (χ1n) is 5.79. The summed E-state index contributed by atoms with van der Waals surface area (Å²) < 4.78 is 5.53. The van der Waals surface area contributed by atoms with E-state index in [1.165, 1.54) is 6.42 Å². The van der Waals surface area contributed by atoms with E-state index < -0.39 is 0 Å². The Bertz CT molecular complexity index is 386. The second-order valence-electron chi connectivity index (χ2n) is 4.34. The lowest BCUT2D eigenvalue weighted by Crippen LogP contribution is -2.45. The molecule has 94 valence electrons. The second-order valence-corrected chi connectivity index (χ2v) is 4.34. The summed E-state index contributed by atoms with van der Waals surface area (Å²) in [6, 6.07) is 1.83. The van der Waals surface area contributed by atoms with Gasteiger partial charge in [0.25, 0.3) is 0 Å². The van der Waals surface area contributed by atoms with Crippen LogP contribution in [-0.4, -0.2) is 36.3 Å². The molecule has 17 heavy (non-hydrogen) atoms. The molecule has 6 nitrogen and oxygen atoms in total. The quantitative estimate of drug-likeness (QED) is 0.710. The van der Waals surface area contributed by atoms with Gasteiger partial charge in [-0.25, -0.2) is 0 Å². The summed E-state index contributed by atoms with van der Waals surface area (Å²) in [6.45, 7) is 0.753. The minimum absolute atomic E-state index is 0.0283. The maximum absolute atomic E-state index is 5.62. The number of methoxy groups -OCH3 is 1. The molecule has 4 N–H and O–H groups in total. The zero-order valence-electron chi connectivity index (χ0n) is 10.3. The van der Waals surface area contributed by atoms with Gasteiger partial charge in [0, 0.05) is 26.8 Å². The van der Waals surface area contributed by atoms with Crippen LogP contribution in [0.15, 0.2) is 6.07 Å². The molecule has 0 saturated heterocycles. The minimum Gasteiger partial charge on any atom is -0.376 e. The predicted molar refractivity (Wildman–Crippen MR) is 68.1 cm³/mol. The van der Waals surface area contributed by atoms with Crippen LogP contribution in [0.3, 0.4) is 0 Å². The van der Waals surface area contributed by atoms with Crippen molar-refractivity contribution in [2.45, 2.75) is 24.9 Å². The van der Waals surface area contributed by atoms with Crippen molar-refractivity contribution in [1.29, 1.82) is 0 Å². The van der Waals surface area contributed by atoms with Crippen molar-refractivity contribution in [2.24, 2.45) is 0 Å².